The highest BCUT2D eigenvalue weighted by atomic mass is 35.5. The van der Waals surface area contributed by atoms with E-state index in [1.54, 1.807) is 36.0 Å². The van der Waals surface area contributed by atoms with E-state index in [-0.39, 0.29) is 5.75 Å². The van der Waals surface area contributed by atoms with Gasteiger partial charge in [0.2, 0.25) is 10.0 Å². The van der Waals surface area contributed by atoms with Crippen LogP contribution in [0.5, 0.6) is 0 Å². The Morgan fingerprint density at radius 3 is 2.52 bits per heavy atom. The lowest BCUT2D eigenvalue weighted by Crippen LogP contribution is -2.27. The molecule has 0 fully saturated rings. The topological polar surface area (TPSA) is 46.2 Å². The molecule has 23 heavy (non-hydrogen) atoms. The Labute approximate surface area is 147 Å². The summed E-state index contributed by atoms with van der Waals surface area (Å²) in [6.45, 7) is 2.51. The smallest absolute Gasteiger partial charge is 0.214 e. The van der Waals surface area contributed by atoms with E-state index in [4.69, 9.17) is 11.6 Å². The average Bonchev–Trinajstić information content (AvgIpc) is 2.49. The first-order valence-corrected chi connectivity index (χ1v) is 10.5. The highest BCUT2D eigenvalue weighted by Crippen LogP contribution is 2.14. The first-order valence-electron chi connectivity index (χ1n) is 7.30. The molecule has 0 aliphatic heterocycles. The summed E-state index contributed by atoms with van der Waals surface area (Å²) in [6, 6.07) is 15.2. The van der Waals surface area contributed by atoms with Crippen molar-refractivity contribution in [2.24, 2.45) is 0 Å². The van der Waals surface area contributed by atoms with Crippen LogP contribution in [-0.2, 0) is 21.5 Å². The number of benzene rings is 2. The second kappa shape index (κ2) is 8.73. The zero-order chi connectivity index (χ0) is 16.7. The van der Waals surface area contributed by atoms with Crippen LogP contribution < -0.4 is 4.72 Å². The fourth-order valence-electron chi connectivity index (χ4n) is 2.11. The molecule has 0 aliphatic rings. The summed E-state index contributed by atoms with van der Waals surface area (Å²) in [5, 5.41) is 0.603. The molecule has 2 rings (SSSR count). The number of halogens is 1. The zero-order valence-electron chi connectivity index (χ0n) is 13.0. The quantitative estimate of drug-likeness (QED) is 0.715. The molecule has 6 heteroatoms. The van der Waals surface area contributed by atoms with Gasteiger partial charge in [-0.1, -0.05) is 53.6 Å². The van der Waals surface area contributed by atoms with Gasteiger partial charge in [-0.25, -0.2) is 13.1 Å². The van der Waals surface area contributed by atoms with E-state index >= 15 is 0 Å². The largest absolute Gasteiger partial charge is 0.215 e. The van der Waals surface area contributed by atoms with Gasteiger partial charge in [-0.05, 0) is 30.2 Å². The summed E-state index contributed by atoms with van der Waals surface area (Å²) in [5.74, 6) is 1.61. The molecule has 0 unspecified atom stereocenters. The zero-order valence-corrected chi connectivity index (χ0v) is 15.3. The van der Waals surface area contributed by atoms with Crippen molar-refractivity contribution in [1.29, 1.82) is 0 Å². The summed E-state index contributed by atoms with van der Waals surface area (Å²) in [5.41, 5.74) is 3.24. The second-order valence-electron chi connectivity index (χ2n) is 5.32. The van der Waals surface area contributed by atoms with Gasteiger partial charge in [0.15, 0.2) is 0 Å². The molecule has 0 heterocycles. The van der Waals surface area contributed by atoms with Crippen LogP contribution in [0.25, 0.3) is 0 Å². The minimum atomic E-state index is -3.31. The summed E-state index contributed by atoms with van der Waals surface area (Å²) >= 11 is 7.51. The van der Waals surface area contributed by atoms with Crippen molar-refractivity contribution >= 4 is 33.4 Å². The van der Waals surface area contributed by atoms with E-state index < -0.39 is 10.0 Å². The Kier molecular flexibility index (Phi) is 6.96. The molecule has 0 aromatic heterocycles. The van der Waals surface area contributed by atoms with Crippen LogP contribution >= 0.6 is 23.4 Å². The van der Waals surface area contributed by atoms with Crippen molar-refractivity contribution in [2.45, 2.75) is 18.4 Å². The molecule has 1 N–H and O–H groups in total. The van der Waals surface area contributed by atoms with Crippen LogP contribution in [-0.4, -0.2) is 20.7 Å². The summed E-state index contributed by atoms with van der Waals surface area (Å²) in [4.78, 5) is 0. The van der Waals surface area contributed by atoms with Crippen molar-refractivity contribution in [3.63, 3.8) is 0 Å². The number of aryl methyl sites for hydroxylation is 1. The SMILES string of the molecule is Cc1cccc(CSCCNS(=O)(=O)Cc2ccc(Cl)cc2)c1. The summed E-state index contributed by atoms with van der Waals surface area (Å²) < 4.78 is 26.7. The Bertz CT molecular complexity index is 731. The van der Waals surface area contributed by atoms with Crippen molar-refractivity contribution in [3.8, 4) is 0 Å². The first kappa shape index (κ1) is 18.3. The maximum absolute atomic E-state index is 12.0. The Balaban J connectivity index is 1.71. The predicted molar refractivity (Wildman–Crippen MR) is 99.4 cm³/mol. The molecule has 3 nitrogen and oxygen atoms in total. The van der Waals surface area contributed by atoms with E-state index in [2.05, 4.69) is 29.8 Å². The highest BCUT2D eigenvalue weighted by molar-refractivity contribution is 7.98. The van der Waals surface area contributed by atoms with Crippen molar-refractivity contribution in [1.82, 2.24) is 4.72 Å². The Hall–Kier alpha value is -1.01. The van der Waals surface area contributed by atoms with Gasteiger partial charge in [-0.2, -0.15) is 11.8 Å². The molecule has 0 radical (unpaired) electrons. The van der Waals surface area contributed by atoms with E-state index in [0.717, 1.165) is 17.1 Å². The van der Waals surface area contributed by atoms with Gasteiger partial charge in [0, 0.05) is 23.1 Å². The van der Waals surface area contributed by atoms with Gasteiger partial charge in [0.05, 0.1) is 5.75 Å². The molecule has 0 amide bonds. The monoisotopic (exact) mass is 369 g/mol. The Morgan fingerprint density at radius 1 is 1.09 bits per heavy atom. The maximum atomic E-state index is 12.0. The van der Waals surface area contributed by atoms with Crippen LogP contribution in [0.15, 0.2) is 48.5 Å². The molecular formula is C17H20ClNO2S2. The summed E-state index contributed by atoms with van der Waals surface area (Å²) in [6.07, 6.45) is 0. The fraction of sp³-hybridized carbons (Fsp3) is 0.294. The molecule has 0 saturated carbocycles. The van der Waals surface area contributed by atoms with Gasteiger partial charge in [0.1, 0.15) is 0 Å². The minimum Gasteiger partial charge on any atom is -0.214 e. The summed E-state index contributed by atoms with van der Waals surface area (Å²) in [7, 11) is -3.31. The number of hydrogen-bond donors (Lipinski definition) is 1. The van der Waals surface area contributed by atoms with Gasteiger partial charge in [0.25, 0.3) is 0 Å². The van der Waals surface area contributed by atoms with Crippen molar-refractivity contribution in [3.05, 3.63) is 70.2 Å². The predicted octanol–water partition coefficient (Wildman–Crippen LogP) is 4.00. The minimum absolute atomic E-state index is 0.0211. The van der Waals surface area contributed by atoms with E-state index in [0.29, 0.717) is 11.6 Å². The van der Waals surface area contributed by atoms with E-state index in [9.17, 15) is 8.42 Å². The van der Waals surface area contributed by atoms with Gasteiger partial charge in [-0.15, -0.1) is 0 Å². The van der Waals surface area contributed by atoms with Crippen LogP contribution in [0.3, 0.4) is 0 Å². The van der Waals surface area contributed by atoms with Crippen molar-refractivity contribution < 1.29 is 8.42 Å². The van der Waals surface area contributed by atoms with Crippen molar-refractivity contribution in [2.75, 3.05) is 12.3 Å². The van der Waals surface area contributed by atoms with Crippen LogP contribution in [0.1, 0.15) is 16.7 Å². The third-order valence-electron chi connectivity index (χ3n) is 3.19. The molecule has 124 valence electrons. The first-order chi connectivity index (χ1) is 10.9. The molecule has 2 aromatic carbocycles. The molecule has 0 saturated heterocycles. The maximum Gasteiger partial charge on any atom is 0.215 e. The lowest BCUT2D eigenvalue weighted by Gasteiger charge is -2.07. The van der Waals surface area contributed by atoms with Gasteiger partial charge >= 0.3 is 0 Å². The standard InChI is InChI=1S/C17H20ClNO2S2/c1-14-3-2-4-16(11-14)12-22-10-9-19-23(20,21)13-15-5-7-17(18)8-6-15/h2-8,11,19H,9-10,12-13H2,1H3. The number of rotatable bonds is 8. The molecule has 0 atom stereocenters. The average molecular weight is 370 g/mol. The van der Waals surface area contributed by atoms with Crippen LogP contribution in [0, 0.1) is 6.92 Å². The Morgan fingerprint density at radius 2 is 1.83 bits per heavy atom. The number of thioether (sulfide) groups is 1. The lowest BCUT2D eigenvalue weighted by atomic mass is 10.2. The molecule has 0 spiro atoms. The van der Waals surface area contributed by atoms with Crippen LogP contribution in [0.4, 0.5) is 0 Å². The molecule has 2 aromatic rings. The number of sulfonamides is 1. The molecule has 0 bridgehead atoms. The second-order valence-corrected chi connectivity index (χ2v) is 8.67. The number of hydrogen-bond acceptors (Lipinski definition) is 3. The molecular weight excluding hydrogens is 350 g/mol. The normalized spacial score (nSPS) is 11.6. The lowest BCUT2D eigenvalue weighted by molar-refractivity contribution is 0.583. The molecule has 0 aliphatic carbocycles. The van der Waals surface area contributed by atoms with E-state index in [1.807, 2.05) is 6.07 Å². The third-order valence-corrected chi connectivity index (χ3v) is 5.83. The van der Waals surface area contributed by atoms with Crippen LogP contribution in [0.2, 0.25) is 5.02 Å². The third kappa shape index (κ3) is 6.96. The highest BCUT2D eigenvalue weighted by Gasteiger charge is 2.10. The van der Waals surface area contributed by atoms with Gasteiger partial charge in [-0.3, -0.25) is 0 Å². The fourth-order valence-corrected chi connectivity index (χ4v) is 4.32. The van der Waals surface area contributed by atoms with Gasteiger partial charge < -0.3 is 0 Å². The number of nitrogens with one attached hydrogen (secondary N) is 1. The van der Waals surface area contributed by atoms with E-state index in [1.165, 1.54) is 11.1 Å².